The van der Waals surface area contributed by atoms with Gasteiger partial charge in [0.25, 0.3) is 0 Å². The van der Waals surface area contributed by atoms with Gasteiger partial charge in [-0.15, -0.1) is 0 Å². The summed E-state index contributed by atoms with van der Waals surface area (Å²) in [5.41, 5.74) is 7.61. The predicted octanol–water partition coefficient (Wildman–Crippen LogP) is 1.33. The minimum absolute atomic E-state index is 0.0448. The van der Waals surface area contributed by atoms with Gasteiger partial charge in [0, 0.05) is 31.7 Å². The fourth-order valence-electron chi connectivity index (χ4n) is 2.61. The minimum atomic E-state index is 0.0448. The van der Waals surface area contributed by atoms with E-state index in [-0.39, 0.29) is 6.04 Å². The maximum Gasteiger partial charge on any atom is 0.119 e. The van der Waals surface area contributed by atoms with E-state index in [1.807, 2.05) is 19.1 Å². The second-order valence-corrected chi connectivity index (χ2v) is 5.34. The lowest BCUT2D eigenvalue weighted by molar-refractivity contribution is 0.0974. The Balaban J connectivity index is 2.07. The minimum Gasteiger partial charge on any atom is -0.494 e. The van der Waals surface area contributed by atoms with Crippen molar-refractivity contribution in [1.29, 1.82) is 0 Å². The van der Waals surface area contributed by atoms with E-state index in [0.717, 1.165) is 25.4 Å². The van der Waals surface area contributed by atoms with Gasteiger partial charge < -0.3 is 15.4 Å². The van der Waals surface area contributed by atoms with Crippen molar-refractivity contribution in [3.8, 4) is 5.75 Å². The molecule has 106 valence electrons. The van der Waals surface area contributed by atoms with E-state index in [2.05, 4.69) is 36.0 Å². The zero-order valence-corrected chi connectivity index (χ0v) is 12.2. The molecule has 1 aliphatic heterocycles. The number of hydrogen-bond acceptors (Lipinski definition) is 4. The third-order valence-corrected chi connectivity index (χ3v) is 3.89. The van der Waals surface area contributed by atoms with E-state index >= 15 is 0 Å². The van der Waals surface area contributed by atoms with Gasteiger partial charge in [-0.05, 0) is 38.7 Å². The van der Waals surface area contributed by atoms with Crippen LogP contribution in [0.1, 0.15) is 18.5 Å². The van der Waals surface area contributed by atoms with E-state index in [1.165, 1.54) is 5.56 Å². The molecule has 0 radical (unpaired) electrons. The van der Waals surface area contributed by atoms with Gasteiger partial charge in [-0.3, -0.25) is 4.90 Å². The second-order valence-electron chi connectivity index (χ2n) is 5.34. The van der Waals surface area contributed by atoms with Gasteiger partial charge in [0.05, 0.1) is 6.61 Å². The SMILES string of the molecule is CCOc1ccc(C(N)C2CN(C)CCN2C)cc1. The van der Waals surface area contributed by atoms with E-state index < -0.39 is 0 Å². The third-order valence-electron chi connectivity index (χ3n) is 3.89. The van der Waals surface area contributed by atoms with Gasteiger partial charge in [-0.1, -0.05) is 12.1 Å². The summed E-state index contributed by atoms with van der Waals surface area (Å²) in [4.78, 5) is 4.71. The molecule has 2 atom stereocenters. The average Bonchev–Trinajstić information content (AvgIpc) is 2.42. The number of rotatable bonds is 4. The Morgan fingerprint density at radius 1 is 1.26 bits per heavy atom. The molecule has 4 nitrogen and oxygen atoms in total. The van der Waals surface area contributed by atoms with Crippen molar-refractivity contribution in [3.63, 3.8) is 0 Å². The third kappa shape index (κ3) is 3.47. The number of benzene rings is 1. The largest absolute Gasteiger partial charge is 0.494 e. The molecule has 1 fully saturated rings. The van der Waals surface area contributed by atoms with Crippen LogP contribution in [0.3, 0.4) is 0 Å². The summed E-state index contributed by atoms with van der Waals surface area (Å²) in [5, 5.41) is 0. The molecule has 1 aromatic carbocycles. The molecule has 1 aliphatic rings. The summed E-state index contributed by atoms with van der Waals surface area (Å²) in [6.07, 6.45) is 0. The Morgan fingerprint density at radius 3 is 2.58 bits per heavy atom. The van der Waals surface area contributed by atoms with Crippen LogP contribution < -0.4 is 10.5 Å². The van der Waals surface area contributed by atoms with E-state index in [9.17, 15) is 0 Å². The smallest absolute Gasteiger partial charge is 0.119 e. The molecular weight excluding hydrogens is 238 g/mol. The summed E-state index contributed by atoms with van der Waals surface area (Å²) in [6, 6.07) is 8.59. The van der Waals surface area contributed by atoms with Crippen LogP contribution >= 0.6 is 0 Å². The monoisotopic (exact) mass is 263 g/mol. The van der Waals surface area contributed by atoms with Gasteiger partial charge in [0.2, 0.25) is 0 Å². The molecular formula is C15H25N3O. The lowest BCUT2D eigenvalue weighted by Crippen LogP contribution is -2.54. The van der Waals surface area contributed by atoms with Gasteiger partial charge >= 0.3 is 0 Å². The molecule has 2 rings (SSSR count). The number of piperazine rings is 1. The average molecular weight is 263 g/mol. The Bertz CT molecular complexity index is 393. The summed E-state index contributed by atoms with van der Waals surface area (Å²) >= 11 is 0. The lowest BCUT2D eigenvalue weighted by Gasteiger charge is -2.40. The molecule has 0 amide bonds. The van der Waals surface area contributed by atoms with Crippen LogP contribution in [0.5, 0.6) is 5.75 Å². The van der Waals surface area contributed by atoms with E-state index in [0.29, 0.717) is 12.6 Å². The van der Waals surface area contributed by atoms with Crippen LogP contribution in [0.15, 0.2) is 24.3 Å². The van der Waals surface area contributed by atoms with E-state index in [1.54, 1.807) is 0 Å². The van der Waals surface area contributed by atoms with Crippen LogP contribution in [0.2, 0.25) is 0 Å². The maximum atomic E-state index is 6.44. The highest BCUT2D eigenvalue weighted by atomic mass is 16.5. The summed E-state index contributed by atoms with van der Waals surface area (Å²) in [7, 11) is 4.32. The lowest BCUT2D eigenvalue weighted by atomic mass is 9.97. The zero-order valence-electron chi connectivity index (χ0n) is 12.2. The summed E-state index contributed by atoms with van der Waals surface area (Å²) in [5.74, 6) is 0.910. The maximum absolute atomic E-state index is 6.44. The highest BCUT2D eigenvalue weighted by Gasteiger charge is 2.28. The van der Waals surface area contributed by atoms with Crippen LogP contribution in [0.25, 0.3) is 0 Å². The highest BCUT2D eigenvalue weighted by Crippen LogP contribution is 2.23. The summed E-state index contributed by atoms with van der Waals surface area (Å²) in [6.45, 7) is 5.90. The fourth-order valence-corrected chi connectivity index (χ4v) is 2.61. The number of likely N-dealkylation sites (N-methyl/N-ethyl adjacent to an activating group) is 2. The zero-order chi connectivity index (χ0) is 13.8. The second kappa shape index (κ2) is 6.37. The molecule has 0 bridgehead atoms. The Morgan fingerprint density at radius 2 is 1.95 bits per heavy atom. The van der Waals surface area contributed by atoms with Crippen molar-refractivity contribution >= 4 is 0 Å². The molecule has 19 heavy (non-hydrogen) atoms. The quantitative estimate of drug-likeness (QED) is 0.890. The van der Waals surface area contributed by atoms with Gasteiger partial charge in [-0.25, -0.2) is 0 Å². The first kappa shape index (κ1) is 14.3. The number of ether oxygens (including phenoxy) is 1. The van der Waals surface area contributed by atoms with Crippen molar-refractivity contribution in [1.82, 2.24) is 9.80 Å². The molecule has 1 heterocycles. The van der Waals surface area contributed by atoms with Gasteiger partial charge in [0.15, 0.2) is 0 Å². The van der Waals surface area contributed by atoms with Crippen molar-refractivity contribution in [2.24, 2.45) is 5.73 Å². The molecule has 0 aliphatic carbocycles. The van der Waals surface area contributed by atoms with Gasteiger partial charge in [0.1, 0.15) is 5.75 Å². The number of nitrogens with two attached hydrogens (primary N) is 1. The van der Waals surface area contributed by atoms with Crippen molar-refractivity contribution in [3.05, 3.63) is 29.8 Å². The normalized spacial score (nSPS) is 23.3. The Labute approximate surface area is 116 Å². The standard InChI is InChI=1S/C15H25N3O/c1-4-19-13-7-5-12(6-8-13)15(16)14-11-17(2)9-10-18(14)3/h5-8,14-15H,4,9-11,16H2,1-3H3. The number of hydrogen-bond donors (Lipinski definition) is 1. The topological polar surface area (TPSA) is 41.7 Å². The molecule has 4 heteroatoms. The molecule has 0 aromatic heterocycles. The van der Waals surface area contributed by atoms with Crippen molar-refractivity contribution in [2.45, 2.75) is 19.0 Å². The molecule has 1 saturated heterocycles. The van der Waals surface area contributed by atoms with Crippen LogP contribution in [0.4, 0.5) is 0 Å². The van der Waals surface area contributed by atoms with Crippen molar-refractivity contribution in [2.75, 3.05) is 40.3 Å². The predicted molar refractivity (Wildman–Crippen MR) is 78.5 cm³/mol. The first-order chi connectivity index (χ1) is 9.11. The first-order valence-electron chi connectivity index (χ1n) is 6.99. The van der Waals surface area contributed by atoms with E-state index in [4.69, 9.17) is 10.5 Å². The fraction of sp³-hybridized carbons (Fsp3) is 0.600. The van der Waals surface area contributed by atoms with Crippen LogP contribution in [-0.2, 0) is 0 Å². The Kier molecular flexibility index (Phi) is 4.80. The van der Waals surface area contributed by atoms with Crippen molar-refractivity contribution < 1.29 is 4.74 Å². The van der Waals surface area contributed by atoms with Crippen LogP contribution in [-0.4, -0.2) is 56.2 Å². The highest BCUT2D eigenvalue weighted by molar-refractivity contribution is 5.30. The molecule has 1 aromatic rings. The molecule has 2 N–H and O–H groups in total. The van der Waals surface area contributed by atoms with Crippen LogP contribution in [0, 0.1) is 0 Å². The molecule has 0 saturated carbocycles. The summed E-state index contributed by atoms with van der Waals surface area (Å²) < 4.78 is 5.46. The Hall–Kier alpha value is -1.10. The van der Waals surface area contributed by atoms with Gasteiger partial charge in [-0.2, -0.15) is 0 Å². The number of nitrogens with zero attached hydrogens (tertiary/aromatic N) is 2. The molecule has 0 spiro atoms. The molecule has 2 unspecified atom stereocenters. The first-order valence-corrected chi connectivity index (χ1v) is 6.99.